The van der Waals surface area contributed by atoms with Crippen LogP contribution in [0.15, 0.2) is 32.3 Å². The molecule has 1 aromatic heterocycles. The summed E-state index contributed by atoms with van der Waals surface area (Å²) in [6.07, 6.45) is 3.52. The van der Waals surface area contributed by atoms with Crippen molar-refractivity contribution in [3.8, 4) is 0 Å². The van der Waals surface area contributed by atoms with Gasteiger partial charge in [-0.2, -0.15) is 10.2 Å². The molecule has 0 bridgehead atoms. The molecular weight excluding hydrogens is 435 g/mol. The summed E-state index contributed by atoms with van der Waals surface area (Å²) in [6, 6.07) is 3.67. The largest absolute Gasteiger partial charge is 1.00 e. The van der Waals surface area contributed by atoms with E-state index in [4.69, 9.17) is 24.2 Å². The predicted molar refractivity (Wildman–Crippen MR) is 107 cm³/mol. The topological polar surface area (TPSA) is 73.5 Å². The van der Waals surface area contributed by atoms with Crippen LogP contribution < -0.4 is 10.9 Å². The summed E-state index contributed by atoms with van der Waals surface area (Å²) >= 11 is 13.9. The second-order valence-corrected chi connectivity index (χ2v) is 6.74. The van der Waals surface area contributed by atoms with E-state index in [0.29, 0.717) is 28.3 Å². The molecule has 0 fully saturated rings. The summed E-state index contributed by atoms with van der Waals surface area (Å²) in [5.41, 5.74) is 6.21. The third kappa shape index (κ3) is 9.00. The summed E-state index contributed by atoms with van der Waals surface area (Å²) in [4.78, 5) is 9.18. The Bertz CT molecular complexity index is 615. The molecule has 1 heterocycles. The van der Waals surface area contributed by atoms with Crippen LogP contribution in [0.1, 0.15) is 18.7 Å². The van der Waals surface area contributed by atoms with Crippen molar-refractivity contribution in [3.63, 3.8) is 0 Å². The number of thioether (sulfide) groups is 1. The maximum absolute atomic E-state index is 5.98. The molecule has 0 spiro atoms. The first-order valence-corrected chi connectivity index (χ1v) is 9.61. The van der Waals surface area contributed by atoms with Crippen LogP contribution in [0, 0.1) is 0 Å². The minimum Gasteiger partial charge on any atom is -0.741 e. The monoisotopic (exact) mass is 452 g/mol. The molecule has 0 saturated carbocycles. The molecule has 24 heavy (non-hydrogen) atoms. The van der Waals surface area contributed by atoms with Crippen molar-refractivity contribution in [2.75, 3.05) is 19.3 Å². The van der Waals surface area contributed by atoms with Gasteiger partial charge in [0.25, 0.3) is 0 Å². The molecule has 0 unspecified atom stereocenters. The van der Waals surface area contributed by atoms with Crippen LogP contribution in [0.4, 0.5) is 0 Å². The van der Waals surface area contributed by atoms with Gasteiger partial charge in [0.05, 0.1) is 15.4 Å². The summed E-state index contributed by atoms with van der Waals surface area (Å²) < 4.78 is 0.673. The second kappa shape index (κ2) is 13.6. The molecule has 0 saturated heterocycles. The van der Waals surface area contributed by atoms with Crippen LogP contribution in [0.5, 0.6) is 0 Å². The quantitative estimate of drug-likeness (QED) is 0.228. The molecule has 0 aliphatic carbocycles. The number of hydrogen-bond acceptors (Lipinski definition) is 7. The van der Waals surface area contributed by atoms with Crippen molar-refractivity contribution in [1.29, 1.82) is 0 Å². The zero-order chi connectivity index (χ0) is 17.1. The number of aliphatic imine (C=N–C) groups is 2. The minimum absolute atomic E-state index is 0. The van der Waals surface area contributed by atoms with Gasteiger partial charge in [-0.25, -0.2) is 0 Å². The molecule has 0 aliphatic rings. The van der Waals surface area contributed by atoms with Crippen LogP contribution in [0.3, 0.4) is 0 Å². The number of thiophene rings is 1. The molecule has 11 heteroatoms. The summed E-state index contributed by atoms with van der Waals surface area (Å²) in [6.45, 7) is 5.15. The molecule has 0 aliphatic heterocycles. The predicted octanol–water partition coefficient (Wildman–Crippen LogP) is 2.93. The maximum Gasteiger partial charge on any atom is 1.00 e. The fourth-order valence-electron chi connectivity index (χ4n) is 1.32. The number of nitrogens with one attached hydrogen (secondary N) is 2. The van der Waals surface area contributed by atoms with Crippen LogP contribution in [0.25, 0.3) is 0 Å². The molecule has 136 valence electrons. The normalized spacial score (nSPS) is 13.1. The molecule has 6 nitrogen and oxygen atoms in total. The zero-order valence-electron chi connectivity index (χ0n) is 13.3. The minimum atomic E-state index is 0. The fourth-order valence-corrected chi connectivity index (χ4v) is 2.90. The van der Waals surface area contributed by atoms with Gasteiger partial charge < -0.3 is 12.6 Å². The molecule has 1 rings (SSSR count). The third-order valence-corrected chi connectivity index (χ3v) is 4.32. The Labute approximate surface area is 171 Å². The average molecular weight is 454 g/mol. The van der Waals surface area contributed by atoms with Gasteiger partial charge in [-0.15, -0.1) is 11.3 Å². The Morgan fingerprint density at radius 1 is 1.29 bits per heavy atom. The van der Waals surface area contributed by atoms with Crippen LogP contribution in [-0.4, -0.2) is 41.6 Å². The Hall–Kier alpha value is -0.641. The number of halogens is 1. The van der Waals surface area contributed by atoms with Crippen LogP contribution in [0.2, 0.25) is 4.34 Å². The van der Waals surface area contributed by atoms with E-state index in [9.17, 15) is 0 Å². The van der Waals surface area contributed by atoms with Crippen LogP contribution >= 0.6 is 34.7 Å². The number of rotatable bonds is 6. The fraction of sp³-hybridized carbons (Fsp3) is 0.385. The van der Waals surface area contributed by atoms with Gasteiger partial charge in [0, 0.05) is 13.1 Å². The van der Waals surface area contributed by atoms with Gasteiger partial charge in [0.2, 0.25) is 0 Å². The van der Waals surface area contributed by atoms with E-state index < -0.39 is 0 Å². The van der Waals surface area contributed by atoms with E-state index in [-0.39, 0.29) is 17.1 Å². The number of hydrazone groups is 2. The Kier molecular flexibility index (Phi) is 13.3. The second-order valence-electron chi connectivity index (χ2n) is 3.85. The van der Waals surface area contributed by atoms with E-state index in [0.717, 1.165) is 10.0 Å². The Balaban J connectivity index is 0.00000529. The van der Waals surface area contributed by atoms with E-state index in [2.05, 4.69) is 31.0 Å². The molecule has 0 aromatic carbocycles. The van der Waals surface area contributed by atoms with Crippen molar-refractivity contribution in [2.45, 2.75) is 13.8 Å². The van der Waals surface area contributed by atoms with Crippen LogP contribution in [-0.2, 0) is 29.7 Å². The number of hydrogen-bond donors (Lipinski definition) is 2. The Morgan fingerprint density at radius 2 is 2.00 bits per heavy atom. The van der Waals surface area contributed by atoms with E-state index in [1.165, 1.54) is 23.1 Å². The van der Waals surface area contributed by atoms with E-state index in [1.54, 1.807) is 12.3 Å². The van der Waals surface area contributed by atoms with Gasteiger partial charge in [-0.05, 0) is 37.4 Å². The first-order valence-electron chi connectivity index (χ1n) is 6.79. The molecule has 0 atom stereocenters. The molecule has 2 N–H and O–H groups in total. The zero-order valence-corrected chi connectivity index (χ0v) is 17.5. The van der Waals surface area contributed by atoms with Gasteiger partial charge >= 0.3 is 17.1 Å². The number of amidine groups is 2. The van der Waals surface area contributed by atoms with Gasteiger partial charge in [-0.1, -0.05) is 23.4 Å². The van der Waals surface area contributed by atoms with Gasteiger partial charge in [0.15, 0.2) is 5.17 Å². The third-order valence-electron chi connectivity index (χ3n) is 2.24. The molecule has 1 aromatic rings. The first kappa shape index (κ1) is 23.4. The van der Waals surface area contributed by atoms with Gasteiger partial charge in [-0.3, -0.25) is 20.8 Å². The van der Waals surface area contributed by atoms with Crippen molar-refractivity contribution in [3.05, 3.63) is 21.3 Å². The van der Waals surface area contributed by atoms with E-state index >= 15 is 0 Å². The number of nitrogens with zero attached hydrogens (tertiary/aromatic N) is 4. The molecular formula is C13H18ClCuN6S3. The smallest absolute Gasteiger partial charge is 0.741 e. The first-order chi connectivity index (χ1) is 11.1. The van der Waals surface area contributed by atoms with E-state index in [1.807, 2.05) is 26.2 Å². The van der Waals surface area contributed by atoms with Crippen molar-refractivity contribution in [2.24, 2.45) is 20.2 Å². The summed E-state index contributed by atoms with van der Waals surface area (Å²) in [5.74, 6) is 0. The van der Waals surface area contributed by atoms with Gasteiger partial charge in [0.1, 0.15) is 5.71 Å². The van der Waals surface area contributed by atoms with Crippen molar-refractivity contribution < 1.29 is 17.1 Å². The van der Waals surface area contributed by atoms with Crippen molar-refractivity contribution in [1.82, 2.24) is 10.9 Å². The SMILES string of the molecule is CCN=C([S-])N/N=C(/C=N/NC(=NCC)SC)c1ccc(Cl)s1.[Cu+]. The summed E-state index contributed by atoms with van der Waals surface area (Å²) in [7, 11) is 0. The Morgan fingerprint density at radius 3 is 2.54 bits per heavy atom. The average Bonchev–Trinajstić information content (AvgIpc) is 2.96. The summed E-state index contributed by atoms with van der Waals surface area (Å²) in [5, 5.41) is 9.46. The molecule has 0 radical (unpaired) electrons. The maximum atomic E-state index is 5.98. The molecule has 0 amide bonds. The standard InChI is InChI=1S/C13H19ClN6S3.Cu/c1-4-15-12(21)19-18-9(10-6-7-11(14)23-10)8-17-20-13(22-3)16-5-2;/h6-8H,4-5H2,1-3H3,(H,16,20)(H2,15,19,21);/q;+1/p-1/b17-8+,18-9-;. The van der Waals surface area contributed by atoms with Crippen molar-refractivity contribution >= 4 is 69.6 Å².